The molecule has 0 saturated carbocycles. The fraction of sp³-hybridized carbons (Fsp3) is 0.444. The predicted molar refractivity (Wildman–Crippen MR) is 327 cm³/mol. The summed E-state index contributed by atoms with van der Waals surface area (Å²) in [4.78, 5) is 0. The Hall–Kier alpha value is -6.00. The summed E-state index contributed by atoms with van der Waals surface area (Å²) in [5.41, 5.74) is 9.55. The molecule has 402 valence electrons. The van der Waals surface area contributed by atoms with E-state index in [-0.39, 0.29) is 0 Å². The van der Waals surface area contributed by atoms with Gasteiger partial charge in [-0.25, -0.2) is 0 Å². The Morgan fingerprint density at radius 2 is 0.487 bits per heavy atom. The van der Waals surface area contributed by atoms with E-state index in [1.54, 1.807) is 0 Å². The normalized spacial score (nSPS) is 13.3. The van der Waals surface area contributed by atoms with Gasteiger partial charge in [0.15, 0.2) is 0 Å². The standard InChI is InChI=1S/C72H90O4/c1-9-17-21-51(13-5)47-73-59-33-25-55(26-34-59)67-45-68(56-27-35-60(36-28-56)74-48-52(14-6)22-18-10-2)64-43-44-66-70(58-31-39-62(40-32-58)76-50-54(16-8)24-20-12-4)46-69(65-42-41-63(67)71(64)72(65)66)57-29-37-61(38-30-57)75-49-53(15-7)23-19-11-3/h25-46,51-54H,9-24,47-50H2,1-8H3/t51-,52-,53-,54-/m1/s1. The number of benzene rings is 8. The monoisotopic (exact) mass is 1020 g/mol. The fourth-order valence-electron chi connectivity index (χ4n) is 11.3. The van der Waals surface area contributed by atoms with Crippen molar-refractivity contribution in [3.05, 3.63) is 133 Å². The van der Waals surface area contributed by atoms with Crippen LogP contribution >= 0.6 is 0 Å². The molecule has 0 aromatic heterocycles. The molecule has 0 unspecified atom stereocenters. The van der Waals surface area contributed by atoms with Crippen LogP contribution in [0.4, 0.5) is 0 Å². The molecule has 0 saturated heterocycles. The molecular formula is C72H90O4. The molecule has 8 rings (SSSR count). The molecule has 4 nitrogen and oxygen atoms in total. The molecule has 4 atom stereocenters. The van der Waals surface area contributed by atoms with Crippen molar-refractivity contribution < 1.29 is 18.9 Å². The van der Waals surface area contributed by atoms with Crippen molar-refractivity contribution >= 4 is 32.3 Å². The van der Waals surface area contributed by atoms with Crippen molar-refractivity contribution in [1.29, 1.82) is 0 Å². The minimum atomic E-state index is 0.570. The molecule has 0 aliphatic carbocycles. The van der Waals surface area contributed by atoms with Crippen LogP contribution in [0.15, 0.2) is 133 Å². The van der Waals surface area contributed by atoms with E-state index >= 15 is 0 Å². The van der Waals surface area contributed by atoms with Crippen molar-refractivity contribution in [2.24, 2.45) is 23.7 Å². The second kappa shape index (κ2) is 28.4. The summed E-state index contributed by atoms with van der Waals surface area (Å²) >= 11 is 0. The van der Waals surface area contributed by atoms with Crippen molar-refractivity contribution in [3.8, 4) is 67.5 Å². The molecule has 0 aliphatic rings. The van der Waals surface area contributed by atoms with E-state index in [0.29, 0.717) is 23.7 Å². The summed E-state index contributed by atoms with van der Waals surface area (Å²) in [6.45, 7) is 21.2. The van der Waals surface area contributed by atoms with Gasteiger partial charge in [0, 0.05) is 0 Å². The van der Waals surface area contributed by atoms with E-state index in [2.05, 4.69) is 189 Å². The van der Waals surface area contributed by atoms with Crippen molar-refractivity contribution in [1.82, 2.24) is 0 Å². The van der Waals surface area contributed by atoms with E-state index in [1.165, 1.54) is 154 Å². The molecule has 4 heteroatoms. The van der Waals surface area contributed by atoms with E-state index < -0.39 is 0 Å². The van der Waals surface area contributed by atoms with Gasteiger partial charge in [0.25, 0.3) is 0 Å². The zero-order chi connectivity index (χ0) is 53.2. The van der Waals surface area contributed by atoms with E-state index in [1.807, 2.05) is 0 Å². The van der Waals surface area contributed by atoms with Gasteiger partial charge in [-0.05, 0) is 187 Å². The van der Waals surface area contributed by atoms with Crippen LogP contribution in [0.5, 0.6) is 23.0 Å². The van der Waals surface area contributed by atoms with E-state index in [0.717, 1.165) is 75.1 Å². The molecule has 0 radical (unpaired) electrons. The van der Waals surface area contributed by atoms with E-state index in [9.17, 15) is 0 Å². The molecule has 0 amide bonds. The zero-order valence-electron chi connectivity index (χ0n) is 47.8. The topological polar surface area (TPSA) is 36.9 Å². The maximum Gasteiger partial charge on any atom is 0.119 e. The SMILES string of the molecule is CCCC[C@@H](CC)COc1ccc(-c2cc(-c3ccc(OC[C@H](CC)CCCC)cc3)c3ccc4c(-c5ccc(OC[C@H](CC)CCCC)cc5)cc(-c5ccc(OC[C@H](CC)CCCC)cc5)c5ccc2c3c54)cc1. The van der Waals surface area contributed by atoms with E-state index in [4.69, 9.17) is 18.9 Å². The minimum absolute atomic E-state index is 0.570. The zero-order valence-corrected chi connectivity index (χ0v) is 47.8. The van der Waals surface area contributed by atoms with Gasteiger partial charge in [-0.15, -0.1) is 0 Å². The summed E-state index contributed by atoms with van der Waals surface area (Å²) < 4.78 is 25.9. The maximum atomic E-state index is 6.48. The lowest BCUT2D eigenvalue weighted by Crippen LogP contribution is -2.11. The second-order valence-corrected chi connectivity index (χ2v) is 22.0. The summed E-state index contributed by atoms with van der Waals surface area (Å²) in [6.07, 6.45) is 19.2. The third kappa shape index (κ3) is 13.9. The molecule has 0 N–H and O–H groups in total. The van der Waals surface area contributed by atoms with Crippen LogP contribution in [0.2, 0.25) is 0 Å². The molecule has 0 spiro atoms. The first-order chi connectivity index (χ1) is 37.3. The van der Waals surface area contributed by atoms with Crippen LogP contribution in [-0.2, 0) is 0 Å². The molecule has 8 aromatic carbocycles. The maximum absolute atomic E-state index is 6.48. The lowest BCUT2D eigenvalue weighted by Gasteiger charge is -2.22. The Balaban J connectivity index is 1.27. The number of ether oxygens (including phenoxy) is 4. The molecular weight excluding hydrogens is 929 g/mol. The first-order valence-electron chi connectivity index (χ1n) is 30.0. The minimum Gasteiger partial charge on any atom is -0.493 e. The summed E-state index contributed by atoms with van der Waals surface area (Å²) in [7, 11) is 0. The fourth-order valence-corrected chi connectivity index (χ4v) is 11.3. The van der Waals surface area contributed by atoms with Crippen LogP contribution in [-0.4, -0.2) is 26.4 Å². The van der Waals surface area contributed by atoms with Gasteiger partial charge in [0.2, 0.25) is 0 Å². The van der Waals surface area contributed by atoms with Gasteiger partial charge >= 0.3 is 0 Å². The number of unbranched alkanes of at least 4 members (excludes halogenated alkanes) is 4. The van der Waals surface area contributed by atoms with Gasteiger partial charge in [-0.2, -0.15) is 0 Å². The molecule has 0 aliphatic heterocycles. The van der Waals surface area contributed by atoms with Gasteiger partial charge in [0.1, 0.15) is 23.0 Å². The highest BCUT2D eigenvalue weighted by atomic mass is 16.5. The van der Waals surface area contributed by atoms with Gasteiger partial charge in [0.05, 0.1) is 26.4 Å². The smallest absolute Gasteiger partial charge is 0.119 e. The summed E-state index contributed by atoms with van der Waals surface area (Å²) in [5.74, 6) is 5.99. The molecule has 76 heavy (non-hydrogen) atoms. The largest absolute Gasteiger partial charge is 0.493 e. The van der Waals surface area contributed by atoms with Crippen molar-refractivity contribution in [2.75, 3.05) is 26.4 Å². The Morgan fingerprint density at radius 3 is 0.671 bits per heavy atom. The van der Waals surface area contributed by atoms with Crippen molar-refractivity contribution in [2.45, 2.75) is 158 Å². The average Bonchev–Trinajstić information content (AvgIpc) is 3.53. The molecule has 0 heterocycles. The van der Waals surface area contributed by atoms with Crippen LogP contribution < -0.4 is 18.9 Å². The third-order valence-electron chi connectivity index (χ3n) is 16.7. The predicted octanol–water partition coefficient (Wildman–Crippen LogP) is 21.6. The Bertz CT molecular complexity index is 2570. The number of hydrogen-bond donors (Lipinski definition) is 0. The van der Waals surface area contributed by atoms with Crippen LogP contribution in [0.1, 0.15) is 158 Å². The first-order valence-corrected chi connectivity index (χ1v) is 30.0. The third-order valence-corrected chi connectivity index (χ3v) is 16.7. The molecule has 0 bridgehead atoms. The lowest BCUT2D eigenvalue weighted by atomic mass is 9.82. The van der Waals surface area contributed by atoms with Crippen LogP contribution in [0.3, 0.4) is 0 Å². The number of hydrogen-bond acceptors (Lipinski definition) is 4. The quantitative estimate of drug-likeness (QED) is 0.0394. The summed E-state index contributed by atoms with van der Waals surface area (Å²) in [6, 6.07) is 49.9. The summed E-state index contributed by atoms with van der Waals surface area (Å²) in [5, 5.41) is 7.53. The molecule has 8 aromatic rings. The highest BCUT2D eigenvalue weighted by Gasteiger charge is 2.22. The van der Waals surface area contributed by atoms with Crippen LogP contribution in [0.25, 0.3) is 76.8 Å². The number of rotatable bonds is 32. The first kappa shape index (κ1) is 56.2. The van der Waals surface area contributed by atoms with Crippen LogP contribution in [0, 0.1) is 23.7 Å². The highest BCUT2D eigenvalue weighted by Crippen LogP contribution is 2.49. The Kier molecular flexibility index (Phi) is 21.0. The molecule has 0 fully saturated rings. The van der Waals surface area contributed by atoms with Gasteiger partial charge < -0.3 is 18.9 Å². The van der Waals surface area contributed by atoms with Gasteiger partial charge in [-0.1, -0.05) is 205 Å². The van der Waals surface area contributed by atoms with Crippen molar-refractivity contribution in [3.63, 3.8) is 0 Å². The highest BCUT2D eigenvalue weighted by molar-refractivity contribution is 6.32. The second-order valence-electron chi connectivity index (χ2n) is 22.0. The lowest BCUT2D eigenvalue weighted by molar-refractivity contribution is 0.233. The average molecular weight is 1020 g/mol. The Morgan fingerprint density at radius 1 is 0.276 bits per heavy atom. The Labute approximate surface area is 458 Å². The van der Waals surface area contributed by atoms with Gasteiger partial charge in [-0.3, -0.25) is 0 Å².